The molecule has 15 heavy (non-hydrogen) atoms. The lowest BCUT2D eigenvalue weighted by Gasteiger charge is -2.01. The minimum Gasteiger partial charge on any atom is -0.306 e. The summed E-state index contributed by atoms with van der Waals surface area (Å²) < 4.78 is 1.77. The summed E-state index contributed by atoms with van der Waals surface area (Å²) in [5.74, 6) is 0. The van der Waals surface area contributed by atoms with E-state index in [-0.39, 0.29) is 0 Å². The van der Waals surface area contributed by atoms with Crippen LogP contribution in [-0.2, 0) is 20.1 Å². The van der Waals surface area contributed by atoms with Gasteiger partial charge in [0.05, 0.1) is 16.9 Å². The van der Waals surface area contributed by atoms with Gasteiger partial charge in [-0.15, -0.1) is 16.4 Å². The van der Waals surface area contributed by atoms with Crippen molar-refractivity contribution in [2.45, 2.75) is 20.0 Å². The average molecular weight is 223 g/mol. The number of aryl methyl sites for hydroxylation is 2. The van der Waals surface area contributed by atoms with Crippen LogP contribution in [-0.4, -0.2) is 20.0 Å². The van der Waals surface area contributed by atoms with E-state index in [2.05, 4.69) is 20.6 Å². The lowest BCUT2D eigenvalue weighted by molar-refractivity contribution is 0.619. The zero-order chi connectivity index (χ0) is 10.7. The van der Waals surface area contributed by atoms with Crippen LogP contribution in [0.4, 0.5) is 0 Å². The summed E-state index contributed by atoms with van der Waals surface area (Å²) in [6.07, 6.45) is 3.68. The summed E-state index contributed by atoms with van der Waals surface area (Å²) in [4.78, 5) is 5.45. The zero-order valence-corrected chi connectivity index (χ0v) is 9.58. The molecular formula is C9H13N5S. The molecule has 0 aliphatic heterocycles. The van der Waals surface area contributed by atoms with E-state index in [9.17, 15) is 0 Å². The molecule has 6 heteroatoms. The molecule has 0 saturated carbocycles. The van der Waals surface area contributed by atoms with Crippen LogP contribution < -0.4 is 5.32 Å². The summed E-state index contributed by atoms with van der Waals surface area (Å²) in [6, 6.07) is 0. The molecule has 0 radical (unpaired) electrons. The molecule has 0 fully saturated rings. The van der Waals surface area contributed by atoms with Crippen molar-refractivity contribution in [2.75, 3.05) is 0 Å². The van der Waals surface area contributed by atoms with Gasteiger partial charge in [-0.3, -0.25) is 4.68 Å². The van der Waals surface area contributed by atoms with Gasteiger partial charge in [0.25, 0.3) is 0 Å². The number of nitrogens with zero attached hydrogens (tertiary/aromatic N) is 4. The third-order valence-corrected chi connectivity index (χ3v) is 3.00. The predicted octanol–water partition coefficient (Wildman–Crippen LogP) is 0.870. The second-order valence-corrected chi connectivity index (χ2v) is 4.62. The summed E-state index contributed by atoms with van der Waals surface area (Å²) in [7, 11) is 1.89. The fourth-order valence-electron chi connectivity index (χ4n) is 1.27. The van der Waals surface area contributed by atoms with E-state index >= 15 is 0 Å². The molecule has 2 aromatic rings. The van der Waals surface area contributed by atoms with Crippen molar-refractivity contribution in [1.82, 2.24) is 25.3 Å². The van der Waals surface area contributed by atoms with Crippen LogP contribution in [0.3, 0.4) is 0 Å². The second kappa shape index (κ2) is 4.50. The van der Waals surface area contributed by atoms with Gasteiger partial charge in [0, 0.05) is 31.2 Å². The van der Waals surface area contributed by atoms with E-state index in [1.165, 1.54) is 4.88 Å². The van der Waals surface area contributed by atoms with Gasteiger partial charge in [-0.25, -0.2) is 4.98 Å². The molecule has 2 heterocycles. The Morgan fingerprint density at radius 1 is 1.40 bits per heavy atom. The van der Waals surface area contributed by atoms with E-state index in [1.54, 1.807) is 22.2 Å². The van der Waals surface area contributed by atoms with Crippen molar-refractivity contribution in [3.8, 4) is 0 Å². The summed E-state index contributed by atoms with van der Waals surface area (Å²) >= 11 is 1.72. The first kappa shape index (κ1) is 10.3. The summed E-state index contributed by atoms with van der Waals surface area (Å²) in [6.45, 7) is 3.64. The number of hydrogen-bond donors (Lipinski definition) is 1. The molecule has 0 aromatic carbocycles. The molecule has 0 bridgehead atoms. The van der Waals surface area contributed by atoms with Crippen molar-refractivity contribution in [3.63, 3.8) is 0 Å². The van der Waals surface area contributed by atoms with Gasteiger partial charge in [-0.05, 0) is 6.92 Å². The Bertz CT molecular complexity index is 433. The van der Waals surface area contributed by atoms with Crippen molar-refractivity contribution in [3.05, 3.63) is 28.0 Å². The Balaban J connectivity index is 1.83. The van der Waals surface area contributed by atoms with Crippen LogP contribution >= 0.6 is 11.3 Å². The van der Waals surface area contributed by atoms with Gasteiger partial charge in [0.1, 0.15) is 0 Å². The van der Waals surface area contributed by atoms with E-state index in [0.717, 1.165) is 23.8 Å². The minimum absolute atomic E-state index is 0.778. The lowest BCUT2D eigenvalue weighted by Crippen LogP contribution is -2.14. The van der Waals surface area contributed by atoms with Crippen molar-refractivity contribution >= 4 is 11.3 Å². The molecule has 5 nitrogen and oxygen atoms in total. The number of aromatic nitrogens is 4. The molecule has 0 spiro atoms. The molecule has 0 atom stereocenters. The van der Waals surface area contributed by atoms with Crippen LogP contribution in [0.5, 0.6) is 0 Å². The van der Waals surface area contributed by atoms with Crippen LogP contribution in [0.1, 0.15) is 15.6 Å². The Morgan fingerprint density at radius 3 is 2.87 bits per heavy atom. The molecule has 0 aliphatic rings. The lowest BCUT2D eigenvalue weighted by atomic mass is 10.4. The maximum absolute atomic E-state index is 4.20. The van der Waals surface area contributed by atoms with Crippen molar-refractivity contribution in [1.29, 1.82) is 0 Å². The highest BCUT2D eigenvalue weighted by Gasteiger charge is 2.00. The molecular weight excluding hydrogens is 210 g/mol. The second-order valence-electron chi connectivity index (χ2n) is 3.30. The van der Waals surface area contributed by atoms with Crippen molar-refractivity contribution < 1.29 is 0 Å². The SMILES string of the molecule is Cc1ncc(CNCc2cnnn2C)s1. The third-order valence-electron chi connectivity index (χ3n) is 2.08. The first-order chi connectivity index (χ1) is 7.25. The molecule has 80 valence electrons. The summed E-state index contributed by atoms with van der Waals surface area (Å²) in [5, 5.41) is 12.1. The molecule has 0 saturated heterocycles. The topological polar surface area (TPSA) is 55.6 Å². The molecule has 0 unspecified atom stereocenters. The zero-order valence-electron chi connectivity index (χ0n) is 8.77. The Labute approximate surface area is 92.2 Å². The number of thiazole rings is 1. The number of nitrogens with one attached hydrogen (secondary N) is 1. The van der Waals surface area contributed by atoms with E-state index in [0.29, 0.717) is 0 Å². The standard InChI is InChI=1S/C9H13N5S/c1-7-11-6-9(15-7)5-10-3-8-4-12-13-14(8)2/h4,6,10H,3,5H2,1-2H3. The fraction of sp³-hybridized carbons (Fsp3) is 0.444. The third kappa shape index (κ3) is 2.60. The fourth-order valence-corrected chi connectivity index (χ4v) is 2.04. The number of rotatable bonds is 4. The smallest absolute Gasteiger partial charge is 0.0897 e. The normalized spacial score (nSPS) is 10.8. The van der Waals surface area contributed by atoms with Gasteiger partial charge in [0.2, 0.25) is 0 Å². The van der Waals surface area contributed by atoms with Crippen LogP contribution in [0.25, 0.3) is 0 Å². The maximum Gasteiger partial charge on any atom is 0.0897 e. The first-order valence-electron chi connectivity index (χ1n) is 4.71. The van der Waals surface area contributed by atoms with E-state index < -0.39 is 0 Å². The van der Waals surface area contributed by atoms with Gasteiger partial charge < -0.3 is 5.32 Å². The molecule has 2 rings (SSSR count). The highest BCUT2D eigenvalue weighted by Crippen LogP contribution is 2.10. The monoisotopic (exact) mass is 223 g/mol. The Morgan fingerprint density at radius 2 is 2.27 bits per heavy atom. The first-order valence-corrected chi connectivity index (χ1v) is 5.53. The number of hydrogen-bond acceptors (Lipinski definition) is 5. The molecule has 0 aliphatic carbocycles. The van der Waals surface area contributed by atoms with Crippen LogP contribution in [0, 0.1) is 6.92 Å². The minimum atomic E-state index is 0.778. The molecule has 1 N–H and O–H groups in total. The van der Waals surface area contributed by atoms with E-state index in [1.807, 2.05) is 20.2 Å². The summed E-state index contributed by atoms with van der Waals surface area (Å²) in [5.41, 5.74) is 1.08. The van der Waals surface area contributed by atoms with Crippen LogP contribution in [0.2, 0.25) is 0 Å². The van der Waals surface area contributed by atoms with Crippen molar-refractivity contribution in [2.24, 2.45) is 7.05 Å². The molecule has 0 amide bonds. The maximum atomic E-state index is 4.20. The van der Waals surface area contributed by atoms with Gasteiger partial charge in [0.15, 0.2) is 0 Å². The Hall–Kier alpha value is -1.27. The predicted molar refractivity (Wildman–Crippen MR) is 58.4 cm³/mol. The molecule has 2 aromatic heterocycles. The van der Waals surface area contributed by atoms with Gasteiger partial charge >= 0.3 is 0 Å². The Kier molecular flexibility index (Phi) is 3.08. The average Bonchev–Trinajstić information content (AvgIpc) is 2.77. The van der Waals surface area contributed by atoms with Gasteiger partial charge in [-0.1, -0.05) is 5.21 Å². The quantitative estimate of drug-likeness (QED) is 0.835. The van der Waals surface area contributed by atoms with E-state index in [4.69, 9.17) is 0 Å². The highest BCUT2D eigenvalue weighted by atomic mass is 32.1. The van der Waals surface area contributed by atoms with Crippen LogP contribution in [0.15, 0.2) is 12.4 Å². The van der Waals surface area contributed by atoms with Gasteiger partial charge in [-0.2, -0.15) is 0 Å². The highest BCUT2D eigenvalue weighted by molar-refractivity contribution is 7.11. The largest absolute Gasteiger partial charge is 0.306 e.